The highest BCUT2D eigenvalue weighted by molar-refractivity contribution is 7.27. The van der Waals surface area contributed by atoms with Crippen molar-refractivity contribution in [1.82, 2.24) is 15.0 Å². The maximum atomic E-state index is 12.8. The number of thiophene rings is 1. The second kappa shape index (κ2) is 7.10. The number of nitrogens with one attached hydrogen (secondary N) is 1. The van der Waals surface area contributed by atoms with E-state index in [1.54, 1.807) is 0 Å². The fraction of sp³-hybridized carbons (Fsp3) is 0.211. The Balaban J connectivity index is 1.75. The molecule has 6 nitrogen and oxygen atoms in total. The molecule has 1 amide bonds. The molecule has 4 aromatic rings. The lowest BCUT2D eigenvalue weighted by Gasteiger charge is -2.10. The van der Waals surface area contributed by atoms with Crippen LogP contribution in [0.5, 0.6) is 0 Å². The number of rotatable bonds is 2. The number of aryl methyl sites for hydroxylation is 3. The van der Waals surface area contributed by atoms with E-state index in [0.717, 1.165) is 40.1 Å². The minimum Gasteiger partial charge on any atom is -0.298 e. The van der Waals surface area contributed by atoms with Gasteiger partial charge in [0.05, 0.1) is 16.8 Å². The number of aromatic nitrogens is 3. The lowest BCUT2D eigenvalue weighted by atomic mass is 10.1. The van der Waals surface area contributed by atoms with Crippen molar-refractivity contribution in [2.75, 3.05) is 5.32 Å². The molecule has 0 radical (unpaired) electrons. The van der Waals surface area contributed by atoms with Crippen LogP contribution in [0.3, 0.4) is 0 Å². The summed E-state index contributed by atoms with van der Waals surface area (Å²) in [7, 11) is 0. The van der Waals surface area contributed by atoms with Crippen molar-refractivity contribution in [3.63, 3.8) is 0 Å². The topological polar surface area (TPSA) is 84.8 Å². The Morgan fingerprint density at radius 3 is 2.47 bits per heavy atom. The van der Waals surface area contributed by atoms with Crippen molar-refractivity contribution < 1.29 is 18.0 Å². The molecule has 0 saturated carbocycles. The average Bonchev–Trinajstić information content (AvgIpc) is 2.99. The standard InChI is InChI=1S/C19H13F3N4O2S2/c1-7-6-8(2)23-16-12(7)13-14(29-16)17(28)30-18(25-13)26-15(27)10-4-5-11(19(20,21)22)24-9(10)3/h4-6H,1-3H3,(H,25,26,27). The molecule has 0 aromatic carbocycles. The molecule has 30 heavy (non-hydrogen) atoms. The van der Waals surface area contributed by atoms with Crippen molar-refractivity contribution in [2.45, 2.75) is 26.9 Å². The lowest BCUT2D eigenvalue weighted by Crippen LogP contribution is -2.17. The SMILES string of the molecule is Cc1cc(C)c2c(n1)sc1c(=O)sc(NC(=O)c3ccc(C(F)(F)F)nc3C)nc12. The fourth-order valence-corrected chi connectivity index (χ4v) is 5.07. The number of hydrogen-bond acceptors (Lipinski definition) is 7. The third-order valence-corrected chi connectivity index (χ3v) is 6.37. The first kappa shape index (κ1) is 20.4. The van der Waals surface area contributed by atoms with E-state index in [0.29, 0.717) is 15.0 Å². The fourth-order valence-electron chi connectivity index (χ4n) is 3.10. The molecule has 1 N–H and O–H groups in total. The van der Waals surface area contributed by atoms with E-state index in [1.807, 2.05) is 19.9 Å². The smallest absolute Gasteiger partial charge is 0.298 e. The summed E-state index contributed by atoms with van der Waals surface area (Å²) in [4.78, 5) is 38.2. The molecule has 11 heteroatoms. The van der Waals surface area contributed by atoms with Gasteiger partial charge in [-0.15, -0.1) is 11.3 Å². The summed E-state index contributed by atoms with van der Waals surface area (Å²) in [5.74, 6) is -0.693. The van der Waals surface area contributed by atoms with Gasteiger partial charge in [0.15, 0.2) is 5.13 Å². The molecule has 0 fully saturated rings. The number of pyridine rings is 2. The van der Waals surface area contributed by atoms with E-state index in [-0.39, 0.29) is 21.1 Å². The normalized spacial score (nSPS) is 11.9. The minimum atomic E-state index is -4.60. The summed E-state index contributed by atoms with van der Waals surface area (Å²) in [5, 5.41) is 3.30. The number of amides is 1. The van der Waals surface area contributed by atoms with Crippen LogP contribution in [0.1, 0.15) is 33.0 Å². The van der Waals surface area contributed by atoms with Crippen molar-refractivity contribution in [3.8, 4) is 0 Å². The molecule has 0 unspecified atom stereocenters. The number of fused-ring (bicyclic) bond motifs is 3. The van der Waals surface area contributed by atoms with Crippen LogP contribution >= 0.6 is 22.7 Å². The summed E-state index contributed by atoms with van der Waals surface area (Å²) >= 11 is 1.99. The van der Waals surface area contributed by atoms with Gasteiger partial charge in [0.25, 0.3) is 10.6 Å². The van der Waals surface area contributed by atoms with Gasteiger partial charge in [-0.05, 0) is 44.5 Å². The van der Waals surface area contributed by atoms with Gasteiger partial charge in [-0.1, -0.05) is 11.3 Å². The molecule has 0 bridgehead atoms. The maximum absolute atomic E-state index is 12.8. The highest BCUT2D eigenvalue weighted by Crippen LogP contribution is 2.34. The van der Waals surface area contributed by atoms with Crippen LogP contribution in [0.25, 0.3) is 20.4 Å². The Morgan fingerprint density at radius 2 is 1.80 bits per heavy atom. The molecule has 154 valence electrons. The van der Waals surface area contributed by atoms with Crippen LogP contribution in [0.4, 0.5) is 18.3 Å². The van der Waals surface area contributed by atoms with Crippen LogP contribution in [-0.2, 0) is 6.18 Å². The zero-order valence-corrected chi connectivity index (χ0v) is 17.5. The largest absolute Gasteiger partial charge is 0.433 e. The number of hydrogen-bond donors (Lipinski definition) is 1. The number of alkyl halides is 3. The number of halogens is 3. The first-order valence-electron chi connectivity index (χ1n) is 8.62. The molecule has 0 aliphatic rings. The Labute approximate surface area is 175 Å². The molecular weight excluding hydrogens is 437 g/mol. The van der Waals surface area contributed by atoms with Gasteiger partial charge in [-0.25, -0.2) is 15.0 Å². The van der Waals surface area contributed by atoms with Crippen molar-refractivity contribution in [1.29, 1.82) is 0 Å². The summed E-state index contributed by atoms with van der Waals surface area (Å²) in [6.07, 6.45) is -4.60. The first-order chi connectivity index (χ1) is 14.0. The average molecular weight is 450 g/mol. The highest BCUT2D eigenvalue weighted by Gasteiger charge is 2.33. The minimum absolute atomic E-state index is 0.0341. The highest BCUT2D eigenvalue weighted by atomic mass is 32.1. The van der Waals surface area contributed by atoms with Crippen LogP contribution in [-0.4, -0.2) is 20.9 Å². The summed E-state index contributed by atoms with van der Waals surface area (Å²) < 4.78 is 38.5. The van der Waals surface area contributed by atoms with Gasteiger partial charge in [0.2, 0.25) is 0 Å². The lowest BCUT2D eigenvalue weighted by molar-refractivity contribution is -0.141. The van der Waals surface area contributed by atoms with E-state index in [2.05, 4.69) is 20.3 Å². The van der Waals surface area contributed by atoms with E-state index in [1.165, 1.54) is 18.3 Å². The molecule has 4 aromatic heterocycles. The van der Waals surface area contributed by atoms with Crippen LogP contribution < -0.4 is 10.1 Å². The predicted octanol–water partition coefficient (Wildman–Crippen LogP) is 4.86. The van der Waals surface area contributed by atoms with Crippen molar-refractivity contribution in [3.05, 3.63) is 55.9 Å². The molecular formula is C19H13F3N4O2S2. The second-order valence-electron chi connectivity index (χ2n) is 6.63. The Bertz CT molecular complexity index is 1390. The van der Waals surface area contributed by atoms with E-state index < -0.39 is 17.8 Å². The summed E-state index contributed by atoms with van der Waals surface area (Å²) in [6, 6.07) is 3.68. The maximum Gasteiger partial charge on any atom is 0.433 e. The van der Waals surface area contributed by atoms with Crippen molar-refractivity contribution >= 4 is 54.1 Å². The van der Waals surface area contributed by atoms with E-state index in [9.17, 15) is 22.8 Å². The van der Waals surface area contributed by atoms with Crippen LogP contribution in [0.15, 0.2) is 23.0 Å². The number of nitrogens with zero attached hydrogens (tertiary/aromatic N) is 3. The van der Waals surface area contributed by atoms with Gasteiger partial charge < -0.3 is 0 Å². The van der Waals surface area contributed by atoms with Gasteiger partial charge in [0.1, 0.15) is 15.2 Å². The van der Waals surface area contributed by atoms with Gasteiger partial charge in [0, 0.05) is 11.1 Å². The molecule has 0 aliphatic carbocycles. The monoisotopic (exact) mass is 450 g/mol. The van der Waals surface area contributed by atoms with Crippen LogP contribution in [0.2, 0.25) is 0 Å². The zero-order chi connectivity index (χ0) is 21.8. The molecule has 4 rings (SSSR count). The third kappa shape index (κ3) is 3.54. The molecule has 4 heterocycles. The van der Waals surface area contributed by atoms with E-state index in [4.69, 9.17) is 0 Å². The molecule has 0 atom stereocenters. The Hall–Kier alpha value is -2.92. The predicted molar refractivity (Wildman–Crippen MR) is 110 cm³/mol. The van der Waals surface area contributed by atoms with Gasteiger partial charge in [-0.2, -0.15) is 13.2 Å². The third-order valence-electron chi connectivity index (χ3n) is 4.39. The van der Waals surface area contributed by atoms with Crippen molar-refractivity contribution in [2.24, 2.45) is 0 Å². The zero-order valence-electron chi connectivity index (χ0n) is 15.8. The summed E-state index contributed by atoms with van der Waals surface area (Å²) in [5.41, 5.74) is 0.985. The van der Waals surface area contributed by atoms with E-state index >= 15 is 0 Å². The molecule has 0 saturated heterocycles. The Morgan fingerprint density at radius 1 is 1.07 bits per heavy atom. The molecule has 0 aliphatic heterocycles. The number of anilines is 1. The Kier molecular flexibility index (Phi) is 4.82. The van der Waals surface area contributed by atoms with Crippen LogP contribution in [0, 0.1) is 20.8 Å². The summed E-state index contributed by atoms with van der Waals surface area (Å²) in [6.45, 7) is 5.06. The number of carbonyl (C=O) groups excluding carboxylic acids is 1. The first-order valence-corrected chi connectivity index (χ1v) is 10.3. The second-order valence-corrected chi connectivity index (χ2v) is 8.59. The quantitative estimate of drug-likeness (QED) is 0.472. The van der Waals surface area contributed by atoms with Gasteiger partial charge in [-0.3, -0.25) is 14.9 Å². The number of carbonyl (C=O) groups is 1. The van der Waals surface area contributed by atoms with Gasteiger partial charge >= 0.3 is 6.18 Å². The molecule has 0 spiro atoms.